The summed E-state index contributed by atoms with van der Waals surface area (Å²) in [5.74, 6) is 0.734. The topological polar surface area (TPSA) is 101 Å². The number of likely N-dealkylation sites (tertiary alicyclic amines) is 1. The number of hydrogen-bond acceptors (Lipinski definition) is 6. The number of carbonyl (C=O) groups excluding carboxylic acids is 2. The molecule has 1 aliphatic heterocycles. The van der Waals surface area contributed by atoms with Crippen LogP contribution < -0.4 is 5.32 Å². The summed E-state index contributed by atoms with van der Waals surface area (Å²) in [7, 11) is 0. The lowest BCUT2D eigenvalue weighted by atomic mass is 9.95. The Morgan fingerprint density at radius 2 is 2.04 bits per heavy atom. The summed E-state index contributed by atoms with van der Waals surface area (Å²) in [5, 5.41) is 6.86. The van der Waals surface area contributed by atoms with Gasteiger partial charge in [0.1, 0.15) is 6.26 Å². The predicted octanol–water partition coefficient (Wildman–Crippen LogP) is 3.13. The smallest absolute Gasteiger partial charge is 0.257 e. The fourth-order valence-corrected chi connectivity index (χ4v) is 3.31. The van der Waals surface area contributed by atoms with Crippen LogP contribution in [0.5, 0.6) is 0 Å². The third-order valence-corrected chi connectivity index (χ3v) is 4.84. The first-order valence-corrected chi connectivity index (χ1v) is 9.13. The molecule has 0 radical (unpaired) electrons. The molecule has 2 amide bonds. The van der Waals surface area contributed by atoms with E-state index in [0.717, 1.165) is 5.56 Å². The van der Waals surface area contributed by atoms with Crippen LogP contribution in [0.2, 0.25) is 0 Å². The van der Waals surface area contributed by atoms with E-state index in [1.54, 1.807) is 17.9 Å². The molecule has 0 atom stereocenters. The Bertz CT molecular complexity index is 972. The number of nitrogens with one attached hydrogen (secondary N) is 1. The van der Waals surface area contributed by atoms with Gasteiger partial charge < -0.3 is 19.2 Å². The van der Waals surface area contributed by atoms with E-state index in [9.17, 15) is 9.59 Å². The van der Waals surface area contributed by atoms with E-state index in [1.807, 2.05) is 24.3 Å². The van der Waals surface area contributed by atoms with Crippen molar-refractivity contribution in [3.8, 4) is 11.4 Å². The molecule has 0 spiro atoms. The summed E-state index contributed by atoms with van der Waals surface area (Å²) < 4.78 is 9.97. The number of carbonyl (C=O) groups is 2. The van der Waals surface area contributed by atoms with Gasteiger partial charge in [-0.25, -0.2) is 0 Å². The Balaban J connectivity index is 1.35. The highest BCUT2D eigenvalue weighted by Gasteiger charge is 2.28. The average Bonchev–Trinajstić information content (AvgIpc) is 3.40. The Morgan fingerprint density at radius 3 is 2.71 bits per heavy atom. The maximum atomic E-state index is 12.6. The molecule has 144 valence electrons. The van der Waals surface area contributed by atoms with Gasteiger partial charge in [0.25, 0.3) is 5.91 Å². The zero-order valence-electron chi connectivity index (χ0n) is 15.4. The molecule has 1 saturated heterocycles. The van der Waals surface area contributed by atoms with Gasteiger partial charge in [0, 0.05) is 37.2 Å². The molecule has 8 heteroatoms. The lowest BCUT2D eigenvalue weighted by Gasteiger charge is -2.31. The fraction of sp³-hybridized carbons (Fsp3) is 0.300. The van der Waals surface area contributed by atoms with Crippen molar-refractivity contribution in [2.75, 3.05) is 18.4 Å². The monoisotopic (exact) mass is 380 g/mol. The van der Waals surface area contributed by atoms with Crippen molar-refractivity contribution >= 4 is 17.5 Å². The Morgan fingerprint density at radius 1 is 1.21 bits per heavy atom. The van der Waals surface area contributed by atoms with Crippen LogP contribution in [0.1, 0.15) is 29.1 Å². The van der Waals surface area contributed by atoms with Gasteiger partial charge in [-0.05, 0) is 31.0 Å². The standard InChI is InChI=1S/C20H20N4O4/c1-13-21-18(23-28-13)15-3-2-4-17(11-15)22-19(25)14-5-8-24(9-6-14)20(26)16-7-10-27-12-16/h2-4,7,10-12,14H,5-6,8-9H2,1H3,(H,22,25). The Hall–Kier alpha value is -3.42. The van der Waals surface area contributed by atoms with Gasteiger partial charge >= 0.3 is 0 Å². The number of benzene rings is 1. The molecule has 28 heavy (non-hydrogen) atoms. The Labute approximate surface area is 161 Å². The highest BCUT2D eigenvalue weighted by atomic mass is 16.5. The molecule has 1 aromatic carbocycles. The van der Waals surface area contributed by atoms with Crippen LogP contribution in [0.3, 0.4) is 0 Å². The molecule has 0 bridgehead atoms. The summed E-state index contributed by atoms with van der Waals surface area (Å²) in [5.41, 5.74) is 1.99. The second kappa shape index (κ2) is 7.67. The third kappa shape index (κ3) is 3.80. The summed E-state index contributed by atoms with van der Waals surface area (Å²) in [6, 6.07) is 8.99. The fourth-order valence-electron chi connectivity index (χ4n) is 3.31. The minimum Gasteiger partial charge on any atom is -0.472 e. The van der Waals surface area contributed by atoms with Gasteiger partial charge in [0.2, 0.25) is 17.6 Å². The van der Waals surface area contributed by atoms with Crippen molar-refractivity contribution < 1.29 is 18.5 Å². The first-order chi connectivity index (χ1) is 13.6. The molecular formula is C20H20N4O4. The summed E-state index contributed by atoms with van der Waals surface area (Å²) in [6.45, 7) is 2.82. The van der Waals surface area contributed by atoms with E-state index in [0.29, 0.717) is 48.9 Å². The number of amides is 2. The lowest BCUT2D eigenvalue weighted by molar-refractivity contribution is -0.121. The maximum absolute atomic E-state index is 12.6. The van der Waals surface area contributed by atoms with Gasteiger partial charge in [-0.1, -0.05) is 17.3 Å². The quantitative estimate of drug-likeness (QED) is 0.746. The summed E-state index contributed by atoms with van der Waals surface area (Å²) >= 11 is 0. The number of rotatable bonds is 4. The van der Waals surface area contributed by atoms with E-state index in [2.05, 4.69) is 15.5 Å². The molecule has 4 rings (SSSR count). The van der Waals surface area contributed by atoms with Crippen molar-refractivity contribution in [3.63, 3.8) is 0 Å². The third-order valence-electron chi connectivity index (χ3n) is 4.84. The van der Waals surface area contributed by atoms with Crippen molar-refractivity contribution in [2.24, 2.45) is 5.92 Å². The number of furan rings is 1. The van der Waals surface area contributed by atoms with Crippen LogP contribution in [0.25, 0.3) is 11.4 Å². The van der Waals surface area contributed by atoms with E-state index in [4.69, 9.17) is 8.94 Å². The SMILES string of the molecule is Cc1nc(-c2cccc(NC(=O)C3CCN(C(=O)c4ccoc4)CC3)c2)no1. The van der Waals surface area contributed by atoms with E-state index in [-0.39, 0.29) is 17.7 Å². The Kier molecular flexibility index (Phi) is 4.92. The first kappa shape index (κ1) is 18.0. The molecule has 3 heterocycles. The van der Waals surface area contributed by atoms with Gasteiger partial charge in [0.05, 0.1) is 11.8 Å². The van der Waals surface area contributed by atoms with Crippen LogP contribution in [0, 0.1) is 12.8 Å². The van der Waals surface area contributed by atoms with Gasteiger partial charge in [-0.2, -0.15) is 4.98 Å². The van der Waals surface area contributed by atoms with Crippen LogP contribution in [0.15, 0.2) is 51.8 Å². The normalized spacial score (nSPS) is 14.8. The molecule has 1 aliphatic rings. The van der Waals surface area contributed by atoms with Crippen LogP contribution >= 0.6 is 0 Å². The highest BCUT2D eigenvalue weighted by Crippen LogP contribution is 2.23. The number of hydrogen-bond donors (Lipinski definition) is 1. The first-order valence-electron chi connectivity index (χ1n) is 9.13. The van der Waals surface area contributed by atoms with E-state index < -0.39 is 0 Å². The van der Waals surface area contributed by atoms with Crippen molar-refractivity contribution in [2.45, 2.75) is 19.8 Å². The zero-order valence-corrected chi connectivity index (χ0v) is 15.4. The van der Waals surface area contributed by atoms with Crippen molar-refractivity contribution in [3.05, 3.63) is 54.3 Å². The largest absolute Gasteiger partial charge is 0.472 e. The number of anilines is 1. The minimum absolute atomic E-state index is 0.0446. The molecule has 2 aromatic heterocycles. The molecule has 1 fully saturated rings. The number of piperidine rings is 1. The van der Waals surface area contributed by atoms with Crippen LogP contribution in [-0.2, 0) is 4.79 Å². The highest BCUT2D eigenvalue weighted by molar-refractivity contribution is 5.95. The second-order valence-corrected chi connectivity index (χ2v) is 6.79. The number of nitrogens with zero attached hydrogens (tertiary/aromatic N) is 3. The summed E-state index contributed by atoms with van der Waals surface area (Å²) in [4.78, 5) is 31.0. The molecule has 8 nitrogen and oxygen atoms in total. The minimum atomic E-state index is -0.135. The summed E-state index contributed by atoms with van der Waals surface area (Å²) in [6.07, 6.45) is 4.18. The number of aryl methyl sites for hydroxylation is 1. The zero-order chi connectivity index (χ0) is 19.5. The average molecular weight is 380 g/mol. The molecule has 3 aromatic rings. The molecule has 0 aliphatic carbocycles. The molecule has 0 unspecified atom stereocenters. The number of aromatic nitrogens is 2. The van der Waals surface area contributed by atoms with E-state index >= 15 is 0 Å². The van der Waals surface area contributed by atoms with Gasteiger partial charge in [0.15, 0.2) is 0 Å². The molecular weight excluding hydrogens is 360 g/mol. The second-order valence-electron chi connectivity index (χ2n) is 6.79. The maximum Gasteiger partial charge on any atom is 0.257 e. The lowest BCUT2D eigenvalue weighted by Crippen LogP contribution is -2.41. The van der Waals surface area contributed by atoms with Crippen molar-refractivity contribution in [1.29, 1.82) is 0 Å². The van der Waals surface area contributed by atoms with Crippen LogP contribution in [0.4, 0.5) is 5.69 Å². The van der Waals surface area contributed by atoms with Gasteiger partial charge in [-0.3, -0.25) is 9.59 Å². The predicted molar refractivity (Wildman–Crippen MR) is 100 cm³/mol. The van der Waals surface area contributed by atoms with Crippen LogP contribution in [-0.4, -0.2) is 39.9 Å². The molecule has 0 saturated carbocycles. The molecule has 1 N–H and O–H groups in total. The van der Waals surface area contributed by atoms with E-state index in [1.165, 1.54) is 12.5 Å². The van der Waals surface area contributed by atoms with Gasteiger partial charge in [-0.15, -0.1) is 0 Å². The van der Waals surface area contributed by atoms with Crippen molar-refractivity contribution in [1.82, 2.24) is 15.0 Å².